The van der Waals surface area contributed by atoms with E-state index < -0.39 is 0 Å². The standard InChI is InChI=1S/C25H28BrN3O2/c1-6-29-21-9-15(2)18(11-20(21)16(3)13-25(29,4)5)14-27-28-24(30)23-12-17-10-19(26)7-8-22(17)31-23/h7-12,14,16H,6,13H2,1-5H3,(H,28,30)/b27-14+/t16-/m0/s1. The van der Waals surface area contributed by atoms with Crippen LogP contribution in [0.15, 0.2) is 50.4 Å². The third kappa shape index (κ3) is 4.13. The van der Waals surface area contributed by atoms with Crippen LogP contribution in [0, 0.1) is 6.92 Å². The predicted octanol–water partition coefficient (Wildman–Crippen LogP) is 6.38. The molecule has 0 fully saturated rings. The highest BCUT2D eigenvalue weighted by Gasteiger charge is 2.35. The maximum Gasteiger partial charge on any atom is 0.307 e. The molecule has 3 aromatic rings. The van der Waals surface area contributed by atoms with Gasteiger partial charge in [-0.05, 0) is 93.1 Å². The van der Waals surface area contributed by atoms with Crippen molar-refractivity contribution in [1.29, 1.82) is 0 Å². The molecule has 31 heavy (non-hydrogen) atoms. The minimum atomic E-state index is -0.369. The van der Waals surface area contributed by atoms with Gasteiger partial charge in [-0.1, -0.05) is 22.9 Å². The highest BCUT2D eigenvalue weighted by molar-refractivity contribution is 9.10. The Kier molecular flexibility index (Phi) is 5.69. The zero-order valence-electron chi connectivity index (χ0n) is 18.6. The molecule has 0 aliphatic carbocycles. The second kappa shape index (κ2) is 8.15. The summed E-state index contributed by atoms with van der Waals surface area (Å²) in [6.45, 7) is 12.2. The molecule has 1 aliphatic heterocycles. The number of benzene rings is 2. The smallest absolute Gasteiger partial charge is 0.307 e. The van der Waals surface area contributed by atoms with Gasteiger partial charge in [-0.15, -0.1) is 0 Å². The van der Waals surface area contributed by atoms with Crippen LogP contribution in [0.5, 0.6) is 0 Å². The van der Waals surface area contributed by atoms with E-state index in [1.165, 1.54) is 11.3 Å². The summed E-state index contributed by atoms with van der Waals surface area (Å²) >= 11 is 3.43. The molecule has 1 aliphatic rings. The number of fused-ring (bicyclic) bond motifs is 2. The first-order chi connectivity index (χ1) is 14.7. The van der Waals surface area contributed by atoms with Gasteiger partial charge in [0.05, 0.1) is 6.21 Å². The summed E-state index contributed by atoms with van der Waals surface area (Å²) in [5.41, 5.74) is 8.18. The molecule has 1 N–H and O–H groups in total. The molecule has 6 heteroatoms. The minimum Gasteiger partial charge on any atom is -0.451 e. The van der Waals surface area contributed by atoms with Crippen LogP contribution in [0.2, 0.25) is 0 Å². The van der Waals surface area contributed by atoms with Crippen LogP contribution in [0.4, 0.5) is 5.69 Å². The quantitative estimate of drug-likeness (QED) is 0.347. The average Bonchev–Trinajstić information content (AvgIpc) is 3.11. The van der Waals surface area contributed by atoms with E-state index in [0.717, 1.165) is 34.0 Å². The molecular formula is C25H28BrN3O2. The Morgan fingerprint density at radius 3 is 2.84 bits per heavy atom. The fraction of sp³-hybridized carbons (Fsp3) is 0.360. The van der Waals surface area contributed by atoms with Crippen molar-refractivity contribution < 1.29 is 9.21 Å². The zero-order chi connectivity index (χ0) is 22.3. The van der Waals surface area contributed by atoms with Crippen LogP contribution < -0.4 is 10.3 Å². The van der Waals surface area contributed by atoms with Crippen molar-refractivity contribution in [2.24, 2.45) is 5.10 Å². The second-order valence-electron chi connectivity index (χ2n) is 8.92. The fourth-order valence-corrected chi connectivity index (χ4v) is 5.11. The van der Waals surface area contributed by atoms with Gasteiger partial charge in [-0.25, -0.2) is 5.43 Å². The van der Waals surface area contributed by atoms with Gasteiger partial charge in [0, 0.05) is 27.6 Å². The third-order valence-electron chi connectivity index (χ3n) is 6.16. The number of anilines is 1. The Morgan fingerprint density at radius 2 is 2.10 bits per heavy atom. The van der Waals surface area contributed by atoms with Crippen molar-refractivity contribution in [2.75, 3.05) is 11.4 Å². The van der Waals surface area contributed by atoms with E-state index >= 15 is 0 Å². The highest BCUT2D eigenvalue weighted by atomic mass is 79.9. The number of furan rings is 1. The lowest BCUT2D eigenvalue weighted by molar-refractivity contribution is 0.0929. The molecule has 0 saturated carbocycles. The summed E-state index contributed by atoms with van der Waals surface area (Å²) in [5, 5.41) is 5.07. The molecule has 0 bridgehead atoms. The Balaban J connectivity index is 1.55. The van der Waals surface area contributed by atoms with Crippen molar-refractivity contribution in [2.45, 2.75) is 52.5 Å². The summed E-state index contributed by atoms with van der Waals surface area (Å²) in [5.74, 6) is 0.332. The maximum absolute atomic E-state index is 12.5. The predicted molar refractivity (Wildman–Crippen MR) is 130 cm³/mol. The van der Waals surface area contributed by atoms with Crippen molar-refractivity contribution in [3.05, 3.63) is 63.3 Å². The van der Waals surface area contributed by atoms with Gasteiger partial charge < -0.3 is 9.32 Å². The number of hydrazone groups is 1. The van der Waals surface area contributed by atoms with E-state index in [1.807, 2.05) is 18.2 Å². The van der Waals surface area contributed by atoms with Crippen LogP contribution in [-0.2, 0) is 0 Å². The molecule has 5 nitrogen and oxygen atoms in total. The third-order valence-corrected chi connectivity index (χ3v) is 6.65. The molecule has 0 radical (unpaired) electrons. The average molecular weight is 482 g/mol. The molecule has 0 saturated heterocycles. The zero-order valence-corrected chi connectivity index (χ0v) is 20.2. The summed E-state index contributed by atoms with van der Waals surface area (Å²) in [6.07, 6.45) is 2.82. The van der Waals surface area contributed by atoms with Crippen molar-refractivity contribution in [1.82, 2.24) is 5.43 Å². The number of halogens is 1. The normalized spacial score (nSPS) is 17.9. The monoisotopic (exact) mass is 481 g/mol. The lowest BCUT2D eigenvalue weighted by Gasteiger charge is -2.47. The van der Waals surface area contributed by atoms with E-state index in [4.69, 9.17) is 4.42 Å². The van der Waals surface area contributed by atoms with Gasteiger partial charge in [0.2, 0.25) is 0 Å². The molecule has 0 unspecified atom stereocenters. The van der Waals surface area contributed by atoms with E-state index in [2.05, 4.69) is 78.1 Å². The first-order valence-electron chi connectivity index (χ1n) is 10.6. The Bertz CT molecular complexity index is 1180. The van der Waals surface area contributed by atoms with Gasteiger partial charge >= 0.3 is 5.91 Å². The number of rotatable bonds is 4. The Morgan fingerprint density at radius 1 is 1.32 bits per heavy atom. The van der Waals surface area contributed by atoms with Crippen LogP contribution in [0.3, 0.4) is 0 Å². The van der Waals surface area contributed by atoms with Gasteiger partial charge in [0.15, 0.2) is 5.76 Å². The number of hydrogen-bond donors (Lipinski definition) is 1. The highest BCUT2D eigenvalue weighted by Crippen LogP contribution is 2.44. The van der Waals surface area contributed by atoms with Gasteiger partial charge in [-0.2, -0.15) is 5.10 Å². The molecule has 0 spiro atoms. The van der Waals surface area contributed by atoms with Crippen LogP contribution in [0.1, 0.15) is 67.3 Å². The molecule has 1 aromatic heterocycles. The van der Waals surface area contributed by atoms with Crippen molar-refractivity contribution in [3.8, 4) is 0 Å². The largest absolute Gasteiger partial charge is 0.451 e. The number of aryl methyl sites for hydroxylation is 1. The molecule has 4 rings (SSSR count). The van der Waals surface area contributed by atoms with Crippen LogP contribution in [-0.4, -0.2) is 24.2 Å². The van der Waals surface area contributed by atoms with Gasteiger partial charge in [0.25, 0.3) is 0 Å². The first-order valence-corrected chi connectivity index (χ1v) is 11.4. The molecule has 2 aromatic carbocycles. The SMILES string of the molecule is CCN1c2cc(C)c(/C=N/NC(=O)c3cc4cc(Br)ccc4o3)cc2[C@@H](C)CC1(C)C. The number of nitrogens with one attached hydrogen (secondary N) is 1. The molecule has 1 amide bonds. The molecule has 2 heterocycles. The summed E-state index contributed by atoms with van der Waals surface area (Å²) in [7, 11) is 0. The summed E-state index contributed by atoms with van der Waals surface area (Å²) in [4.78, 5) is 15.0. The number of nitrogens with zero attached hydrogens (tertiary/aromatic N) is 2. The first kappa shape index (κ1) is 21.6. The number of amides is 1. The lowest BCUT2D eigenvalue weighted by Crippen LogP contribution is -2.48. The van der Waals surface area contributed by atoms with E-state index in [0.29, 0.717) is 11.5 Å². The van der Waals surface area contributed by atoms with E-state index in [9.17, 15) is 4.79 Å². The van der Waals surface area contributed by atoms with E-state index in [1.54, 1.807) is 12.3 Å². The maximum atomic E-state index is 12.5. The second-order valence-corrected chi connectivity index (χ2v) is 9.84. The van der Waals surface area contributed by atoms with Crippen LogP contribution >= 0.6 is 15.9 Å². The number of carbonyl (C=O) groups excluding carboxylic acids is 1. The number of carbonyl (C=O) groups is 1. The lowest BCUT2D eigenvalue weighted by atomic mass is 9.79. The topological polar surface area (TPSA) is 57.8 Å². The van der Waals surface area contributed by atoms with Crippen molar-refractivity contribution >= 4 is 44.7 Å². The molecular weight excluding hydrogens is 454 g/mol. The molecule has 162 valence electrons. The molecule has 1 atom stereocenters. The number of hydrogen-bond acceptors (Lipinski definition) is 4. The van der Waals surface area contributed by atoms with E-state index in [-0.39, 0.29) is 17.2 Å². The fourth-order valence-electron chi connectivity index (χ4n) is 4.73. The minimum absolute atomic E-state index is 0.138. The Hall–Kier alpha value is -2.60. The van der Waals surface area contributed by atoms with Gasteiger partial charge in [-0.3, -0.25) is 4.79 Å². The van der Waals surface area contributed by atoms with Crippen molar-refractivity contribution in [3.63, 3.8) is 0 Å². The summed E-state index contributed by atoms with van der Waals surface area (Å²) < 4.78 is 6.57. The Labute approximate surface area is 191 Å². The van der Waals surface area contributed by atoms with Gasteiger partial charge in [0.1, 0.15) is 5.58 Å². The summed E-state index contributed by atoms with van der Waals surface area (Å²) in [6, 6.07) is 11.8. The van der Waals surface area contributed by atoms with Crippen LogP contribution in [0.25, 0.3) is 11.0 Å².